The second-order valence-electron chi connectivity index (χ2n) is 4.98. The van der Waals surface area contributed by atoms with Gasteiger partial charge in [0.1, 0.15) is 0 Å². The molecule has 0 heterocycles. The van der Waals surface area contributed by atoms with Gasteiger partial charge >= 0.3 is 5.97 Å². The smallest absolute Gasteiger partial charge is 0.320 e. The van der Waals surface area contributed by atoms with Crippen LogP contribution in [0.1, 0.15) is 41.0 Å². The van der Waals surface area contributed by atoms with Crippen molar-refractivity contribution in [1.29, 1.82) is 0 Å². The standard InChI is InChI=1S/C12H25NO2/c1-6-13(9-8-12(3,4)5)10-11(14)15-7-2/h6-10H2,1-5H3. The maximum Gasteiger partial charge on any atom is 0.320 e. The first-order chi connectivity index (χ1) is 6.89. The van der Waals surface area contributed by atoms with Gasteiger partial charge in [-0.2, -0.15) is 0 Å². The van der Waals surface area contributed by atoms with E-state index in [1.54, 1.807) is 0 Å². The number of rotatable bonds is 6. The molecule has 0 bridgehead atoms. The van der Waals surface area contributed by atoms with Gasteiger partial charge in [-0.15, -0.1) is 0 Å². The minimum Gasteiger partial charge on any atom is -0.465 e. The van der Waals surface area contributed by atoms with Crippen LogP contribution in [0.5, 0.6) is 0 Å². The molecule has 15 heavy (non-hydrogen) atoms. The number of carbonyl (C=O) groups is 1. The van der Waals surface area contributed by atoms with E-state index in [1.807, 2.05) is 6.92 Å². The minimum absolute atomic E-state index is 0.117. The SMILES string of the molecule is CCOC(=O)CN(CC)CCC(C)(C)C. The molecule has 0 rings (SSSR count). The zero-order valence-electron chi connectivity index (χ0n) is 10.8. The highest BCUT2D eigenvalue weighted by molar-refractivity contribution is 5.71. The van der Waals surface area contributed by atoms with Crippen molar-refractivity contribution in [3.8, 4) is 0 Å². The second-order valence-corrected chi connectivity index (χ2v) is 4.98. The molecule has 0 atom stereocenters. The summed E-state index contributed by atoms with van der Waals surface area (Å²) >= 11 is 0. The fourth-order valence-electron chi connectivity index (χ4n) is 1.23. The van der Waals surface area contributed by atoms with Crippen molar-refractivity contribution in [2.24, 2.45) is 5.41 Å². The predicted molar refractivity (Wildman–Crippen MR) is 62.8 cm³/mol. The molecule has 3 heteroatoms. The highest BCUT2D eigenvalue weighted by Crippen LogP contribution is 2.18. The number of likely N-dealkylation sites (N-methyl/N-ethyl adjacent to an activating group) is 1. The Morgan fingerprint density at radius 3 is 2.27 bits per heavy atom. The molecule has 0 amide bonds. The van der Waals surface area contributed by atoms with Gasteiger partial charge in [0.2, 0.25) is 0 Å². The molecule has 0 aliphatic rings. The van der Waals surface area contributed by atoms with Gasteiger partial charge in [-0.3, -0.25) is 9.69 Å². The third-order valence-corrected chi connectivity index (χ3v) is 2.28. The van der Waals surface area contributed by atoms with E-state index in [4.69, 9.17) is 4.74 Å². The average molecular weight is 215 g/mol. The Morgan fingerprint density at radius 1 is 1.27 bits per heavy atom. The number of hydrogen-bond acceptors (Lipinski definition) is 3. The van der Waals surface area contributed by atoms with Gasteiger partial charge < -0.3 is 4.74 Å². The van der Waals surface area contributed by atoms with E-state index in [0.29, 0.717) is 18.6 Å². The quantitative estimate of drug-likeness (QED) is 0.637. The van der Waals surface area contributed by atoms with E-state index in [-0.39, 0.29) is 5.97 Å². The van der Waals surface area contributed by atoms with Crippen LogP contribution in [0, 0.1) is 5.41 Å². The van der Waals surface area contributed by atoms with Gasteiger partial charge in [-0.25, -0.2) is 0 Å². The van der Waals surface area contributed by atoms with Crippen LogP contribution in [-0.4, -0.2) is 37.1 Å². The van der Waals surface area contributed by atoms with Crippen LogP contribution >= 0.6 is 0 Å². The zero-order valence-corrected chi connectivity index (χ0v) is 10.8. The fourth-order valence-corrected chi connectivity index (χ4v) is 1.23. The summed E-state index contributed by atoms with van der Waals surface area (Å²) in [6, 6.07) is 0. The Balaban J connectivity index is 3.88. The summed E-state index contributed by atoms with van der Waals surface area (Å²) in [5.74, 6) is -0.117. The molecule has 0 saturated carbocycles. The highest BCUT2D eigenvalue weighted by Gasteiger charge is 2.14. The zero-order chi connectivity index (χ0) is 11.9. The van der Waals surface area contributed by atoms with Crippen LogP contribution in [0.2, 0.25) is 0 Å². The summed E-state index contributed by atoms with van der Waals surface area (Å²) in [6.07, 6.45) is 1.10. The molecule has 0 radical (unpaired) electrons. The molecule has 0 unspecified atom stereocenters. The predicted octanol–water partition coefficient (Wildman–Crippen LogP) is 2.31. The number of hydrogen-bond donors (Lipinski definition) is 0. The van der Waals surface area contributed by atoms with Gasteiger partial charge in [-0.05, 0) is 31.8 Å². The molecule has 0 aromatic carbocycles. The van der Waals surface area contributed by atoms with E-state index < -0.39 is 0 Å². The van der Waals surface area contributed by atoms with Gasteiger partial charge in [0.25, 0.3) is 0 Å². The lowest BCUT2D eigenvalue weighted by Gasteiger charge is -2.24. The number of nitrogens with zero attached hydrogens (tertiary/aromatic N) is 1. The van der Waals surface area contributed by atoms with Crippen LogP contribution in [0.3, 0.4) is 0 Å². The van der Waals surface area contributed by atoms with Crippen LogP contribution in [0.15, 0.2) is 0 Å². The molecular formula is C12H25NO2. The monoisotopic (exact) mass is 215 g/mol. The van der Waals surface area contributed by atoms with E-state index >= 15 is 0 Å². The van der Waals surface area contributed by atoms with Crippen molar-refractivity contribution in [3.05, 3.63) is 0 Å². The van der Waals surface area contributed by atoms with Crippen LogP contribution in [0.25, 0.3) is 0 Å². The largest absolute Gasteiger partial charge is 0.465 e. The Bertz CT molecular complexity index is 185. The fraction of sp³-hybridized carbons (Fsp3) is 0.917. The molecule has 0 aromatic heterocycles. The van der Waals surface area contributed by atoms with Crippen molar-refractivity contribution in [1.82, 2.24) is 4.90 Å². The highest BCUT2D eigenvalue weighted by atomic mass is 16.5. The molecule has 0 aliphatic carbocycles. The Hall–Kier alpha value is -0.570. The molecule has 0 N–H and O–H groups in total. The van der Waals surface area contributed by atoms with E-state index in [2.05, 4.69) is 32.6 Å². The Morgan fingerprint density at radius 2 is 1.87 bits per heavy atom. The van der Waals surface area contributed by atoms with Gasteiger partial charge in [0.05, 0.1) is 13.2 Å². The maximum absolute atomic E-state index is 11.3. The molecule has 0 spiro atoms. The van der Waals surface area contributed by atoms with Crippen molar-refractivity contribution in [3.63, 3.8) is 0 Å². The topological polar surface area (TPSA) is 29.5 Å². The van der Waals surface area contributed by atoms with Crippen molar-refractivity contribution in [2.75, 3.05) is 26.2 Å². The third kappa shape index (κ3) is 8.43. The number of ether oxygens (including phenoxy) is 1. The summed E-state index contributed by atoms with van der Waals surface area (Å²) in [5.41, 5.74) is 0.322. The van der Waals surface area contributed by atoms with Crippen LogP contribution in [0.4, 0.5) is 0 Å². The van der Waals surface area contributed by atoms with Gasteiger partial charge in [0, 0.05) is 0 Å². The molecule has 3 nitrogen and oxygen atoms in total. The van der Waals surface area contributed by atoms with Crippen molar-refractivity contribution >= 4 is 5.97 Å². The summed E-state index contributed by atoms with van der Waals surface area (Å²) in [4.78, 5) is 13.4. The molecule has 0 saturated heterocycles. The molecular weight excluding hydrogens is 190 g/mol. The number of carbonyl (C=O) groups excluding carboxylic acids is 1. The minimum atomic E-state index is -0.117. The Labute approximate surface area is 93.8 Å². The molecule has 0 aliphatic heterocycles. The lowest BCUT2D eigenvalue weighted by molar-refractivity contribution is -0.144. The van der Waals surface area contributed by atoms with Gasteiger partial charge in [-0.1, -0.05) is 27.7 Å². The van der Waals surface area contributed by atoms with Crippen molar-refractivity contribution in [2.45, 2.75) is 41.0 Å². The first-order valence-electron chi connectivity index (χ1n) is 5.77. The van der Waals surface area contributed by atoms with Crippen molar-refractivity contribution < 1.29 is 9.53 Å². The van der Waals surface area contributed by atoms with E-state index in [9.17, 15) is 4.79 Å². The first-order valence-corrected chi connectivity index (χ1v) is 5.77. The lowest BCUT2D eigenvalue weighted by atomic mass is 9.92. The molecule has 0 aromatic rings. The summed E-state index contributed by atoms with van der Waals surface area (Å²) < 4.78 is 4.93. The average Bonchev–Trinajstić information content (AvgIpc) is 2.11. The lowest BCUT2D eigenvalue weighted by Crippen LogP contribution is -2.33. The van der Waals surface area contributed by atoms with Crippen LogP contribution < -0.4 is 0 Å². The molecule has 90 valence electrons. The third-order valence-electron chi connectivity index (χ3n) is 2.28. The van der Waals surface area contributed by atoms with Crippen LogP contribution in [-0.2, 0) is 9.53 Å². The Kier molecular flexibility index (Phi) is 6.57. The van der Waals surface area contributed by atoms with E-state index in [1.165, 1.54) is 0 Å². The normalized spacial score (nSPS) is 11.9. The second kappa shape index (κ2) is 6.83. The summed E-state index contributed by atoms with van der Waals surface area (Å²) in [6.45, 7) is 13.3. The maximum atomic E-state index is 11.3. The first kappa shape index (κ1) is 14.4. The van der Waals surface area contributed by atoms with E-state index in [0.717, 1.165) is 19.5 Å². The summed E-state index contributed by atoms with van der Waals surface area (Å²) in [7, 11) is 0. The number of esters is 1. The molecule has 0 fully saturated rings. The van der Waals surface area contributed by atoms with Gasteiger partial charge in [0.15, 0.2) is 0 Å². The summed E-state index contributed by atoms with van der Waals surface area (Å²) in [5, 5.41) is 0.